The summed E-state index contributed by atoms with van der Waals surface area (Å²) in [6.45, 7) is 1.73. The highest BCUT2D eigenvalue weighted by atomic mass is 35.5. The lowest BCUT2D eigenvalue weighted by molar-refractivity contribution is -0.137. The van der Waals surface area contributed by atoms with Crippen LogP contribution < -0.4 is 0 Å². The van der Waals surface area contributed by atoms with Crippen molar-refractivity contribution in [2.45, 2.75) is 6.92 Å². The monoisotopic (exact) mass is 247 g/mol. The summed E-state index contributed by atoms with van der Waals surface area (Å²) < 4.78 is 4.54. The highest BCUT2D eigenvalue weighted by Crippen LogP contribution is 2.17. The lowest BCUT2D eigenvalue weighted by Gasteiger charge is -2.02. The van der Waals surface area contributed by atoms with Gasteiger partial charge >= 0.3 is 5.97 Å². The molecule has 0 saturated heterocycles. The van der Waals surface area contributed by atoms with Crippen molar-refractivity contribution in [3.05, 3.63) is 28.0 Å². The Hall–Kier alpha value is -1.13. The van der Waals surface area contributed by atoms with E-state index >= 15 is 0 Å². The van der Waals surface area contributed by atoms with Crippen LogP contribution in [0.15, 0.2) is 12.1 Å². The maximum atomic E-state index is 11.4. The summed E-state index contributed by atoms with van der Waals surface area (Å²) in [5, 5.41) is 0.0426. The van der Waals surface area contributed by atoms with E-state index in [-0.39, 0.29) is 22.5 Å². The Labute approximate surface area is 96.2 Å². The molecule has 0 spiro atoms. The van der Waals surface area contributed by atoms with E-state index in [0.717, 1.165) is 0 Å². The van der Waals surface area contributed by atoms with Gasteiger partial charge in [0.15, 0.2) is 0 Å². The highest BCUT2D eigenvalue weighted by molar-refractivity contribution is 6.45. The van der Waals surface area contributed by atoms with Crippen LogP contribution in [0, 0.1) is 0 Å². The van der Waals surface area contributed by atoms with Gasteiger partial charge in [-0.2, -0.15) is 0 Å². The summed E-state index contributed by atoms with van der Waals surface area (Å²) in [6.07, 6.45) is 0. The first kappa shape index (κ1) is 11.9. The average molecular weight is 248 g/mol. The molecule has 0 aliphatic heterocycles. The summed E-state index contributed by atoms with van der Waals surface area (Å²) >= 11 is 11.2. The fraction of sp³-hybridized carbons (Fsp3) is 0.222. The molecule has 0 aliphatic rings. The van der Waals surface area contributed by atoms with Gasteiger partial charge in [0.25, 0.3) is 5.78 Å². The van der Waals surface area contributed by atoms with Crippen LogP contribution in [0.4, 0.5) is 0 Å². The maximum Gasteiger partial charge on any atom is 0.379 e. The molecule has 0 amide bonds. The molecule has 1 aromatic rings. The number of halogens is 2. The molecule has 1 rings (SSSR count). The topological polar surface area (TPSA) is 56.3 Å². The van der Waals surface area contributed by atoms with Gasteiger partial charge in [0.1, 0.15) is 10.3 Å². The summed E-state index contributed by atoms with van der Waals surface area (Å²) in [5.41, 5.74) is -0.0143. The maximum absolute atomic E-state index is 11.4. The number of Topliss-reactive ketones (excluding diaryl/α,β-unsaturated/α-hetero) is 1. The Morgan fingerprint density at radius 1 is 1.40 bits per heavy atom. The standard InChI is InChI=1S/C9H7Cl2NO3/c1-2-15-9(14)7(13)5-3-4-6(10)12-8(5)11/h3-4H,2H2,1H3. The predicted octanol–water partition coefficient (Wildman–Crippen LogP) is 2.13. The SMILES string of the molecule is CCOC(=O)C(=O)c1ccc(Cl)nc1Cl. The highest BCUT2D eigenvalue weighted by Gasteiger charge is 2.20. The van der Waals surface area contributed by atoms with E-state index in [2.05, 4.69) is 9.72 Å². The van der Waals surface area contributed by atoms with Crippen molar-refractivity contribution in [1.29, 1.82) is 0 Å². The molecule has 0 aliphatic carbocycles. The molecule has 0 fully saturated rings. The van der Waals surface area contributed by atoms with Crippen molar-refractivity contribution < 1.29 is 14.3 Å². The molecule has 0 radical (unpaired) electrons. The van der Waals surface area contributed by atoms with E-state index in [9.17, 15) is 9.59 Å². The van der Waals surface area contributed by atoms with Gasteiger partial charge in [-0.1, -0.05) is 23.2 Å². The first-order valence-electron chi connectivity index (χ1n) is 4.09. The molecular formula is C9H7Cl2NO3. The number of carbonyl (C=O) groups is 2. The molecule has 0 atom stereocenters. The quantitative estimate of drug-likeness (QED) is 0.356. The van der Waals surface area contributed by atoms with Crippen molar-refractivity contribution in [2.75, 3.05) is 6.61 Å². The normalized spacial score (nSPS) is 9.80. The molecule has 0 aromatic carbocycles. The smallest absolute Gasteiger partial charge is 0.379 e. The van der Waals surface area contributed by atoms with Gasteiger partial charge in [0, 0.05) is 0 Å². The van der Waals surface area contributed by atoms with Gasteiger partial charge in [-0.05, 0) is 19.1 Å². The lowest BCUT2D eigenvalue weighted by atomic mass is 10.2. The third-order valence-corrected chi connectivity index (χ3v) is 2.02. The van der Waals surface area contributed by atoms with Crippen LogP contribution in [0.2, 0.25) is 10.3 Å². The molecule has 0 unspecified atom stereocenters. The third-order valence-electron chi connectivity index (χ3n) is 1.52. The Kier molecular flexibility index (Phi) is 4.05. The largest absolute Gasteiger partial charge is 0.460 e. The van der Waals surface area contributed by atoms with E-state index < -0.39 is 11.8 Å². The minimum Gasteiger partial charge on any atom is -0.460 e. The van der Waals surface area contributed by atoms with E-state index in [0.29, 0.717) is 0 Å². The molecule has 0 bridgehead atoms. The van der Waals surface area contributed by atoms with Crippen molar-refractivity contribution >= 4 is 35.0 Å². The number of rotatable bonds is 3. The van der Waals surface area contributed by atoms with E-state index in [1.807, 2.05) is 0 Å². The number of aromatic nitrogens is 1. The van der Waals surface area contributed by atoms with Crippen LogP contribution >= 0.6 is 23.2 Å². The van der Waals surface area contributed by atoms with Crippen molar-refractivity contribution in [2.24, 2.45) is 0 Å². The first-order valence-corrected chi connectivity index (χ1v) is 4.85. The van der Waals surface area contributed by atoms with Gasteiger partial charge in [-0.25, -0.2) is 9.78 Å². The molecule has 15 heavy (non-hydrogen) atoms. The second kappa shape index (κ2) is 5.09. The predicted molar refractivity (Wildman–Crippen MR) is 55.2 cm³/mol. The molecule has 1 aromatic heterocycles. The number of hydrogen-bond acceptors (Lipinski definition) is 4. The molecule has 1 heterocycles. The van der Waals surface area contributed by atoms with Crippen LogP contribution in [0.3, 0.4) is 0 Å². The zero-order chi connectivity index (χ0) is 11.4. The zero-order valence-electron chi connectivity index (χ0n) is 7.79. The van der Waals surface area contributed by atoms with Crippen molar-refractivity contribution in [3.8, 4) is 0 Å². The van der Waals surface area contributed by atoms with Gasteiger partial charge in [-0.3, -0.25) is 4.79 Å². The number of ketones is 1. The summed E-state index contributed by atoms with van der Waals surface area (Å²) in [6, 6.07) is 2.71. The van der Waals surface area contributed by atoms with Gasteiger partial charge < -0.3 is 4.74 Å². The second-order valence-corrected chi connectivity index (χ2v) is 3.27. The zero-order valence-corrected chi connectivity index (χ0v) is 9.30. The van der Waals surface area contributed by atoms with Crippen molar-refractivity contribution in [3.63, 3.8) is 0 Å². The Morgan fingerprint density at radius 3 is 2.60 bits per heavy atom. The molecular weight excluding hydrogens is 241 g/mol. The minimum absolute atomic E-state index is 0.0143. The van der Waals surface area contributed by atoms with Gasteiger partial charge in [0.2, 0.25) is 0 Å². The molecule has 6 heteroatoms. The summed E-state index contributed by atoms with van der Waals surface area (Å²) in [4.78, 5) is 26.2. The van der Waals surface area contributed by atoms with Crippen molar-refractivity contribution in [1.82, 2.24) is 4.98 Å². The number of pyridine rings is 1. The fourth-order valence-electron chi connectivity index (χ4n) is 0.888. The molecule has 4 nitrogen and oxygen atoms in total. The van der Waals surface area contributed by atoms with E-state index in [1.165, 1.54) is 12.1 Å². The summed E-state index contributed by atoms with van der Waals surface area (Å²) in [5.74, 6) is -1.78. The average Bonchev–Trinajstić information content (AvgIpc) is 2.17. The second-order valence-electron chi connectivity index (χ2n) is 2.52. The number of ether oxygens (including phenoxy) is 1. The fourth-order valence-corrected chi connectivity index (χ4v) is 1.32. The van der Waals surface area contributed by atoms with Crippen LogP contribution in [0.1, 0.15) is 17.3 Å². The molecule has 0 N–H and O–H groups in total. The van der Waals surface area contributed by atoms with Gasteiger partial charge in [-0.15, -0.1) is 0 Å². The van der Waals surface area contributed by atoms with Crippen LogP contribution in [0.25, 0.3) is 0 Å². The Morgan fingerprint density at radius 2 is 2.07 bits per heavy atom. The summed E-state index contributed by atoms with van der Waals surface area (Å²) in [7, 11) is 0. The Bertz CT molecular complexity index is 406. The van der Waals surface area contributed by atoms with Crippen LogP contribution in [-0.2, 0) is 9.53 Å². The van der Waals surface area contributed by atoms with E-state index in [1.54, 1.807) is 6.92 Å². The molecule has 0 saturated carbocycles. The number of hydrogen-bond donors (Lipinski definition) is 0. The third kappa shape index (κ3) is 2.91. The number of esters is 1. The van der Waals surface area contributed by atoms with E-state index in [4.69, 9.17) is 23.2 Å². The molecule has 80 valence electrons. The minimum atomic E-state index is -0.955. The van der Waals surface area contributed by atoms with Gasteiger partial charge in [0.05, 0.1) is 12.2 Å². The lowest BCUT2D eigenvalue weighted by Crippen LogP contribution is -2.18. The first-order chi connectivity index (χ1) is 7.06. The van der Waals surface area contributed by atoms with Crippen LogP contribution in [0.5, 0.6) is 0 Å². The van der Waals surface area contributed by atoms with Crippen LogP contribution in [-0.4, -0.2) is 23.3 Å². The Balaban J connectivity index is 2.96. The number of carbonyl (C=O) groups excluding carboxylic acids is 2. The number of nitrogens with zero attached hydrogens (tertiary/aromatic N) is 1.